The van der Waals surface area contributed by atoms with Crippen LogP contribution in [0.5, 0.6) is 0 Å². The van der Waals surface area contributed by atoms with Crippen molar-refractivity contribution < 1.29 is 14.7 Å². The van der Waals surface area contributed by atoms with E-state index in [-0.39, 0.29) is 18.0 Å². The molecule has 0 spiro atoms. The van der Waals surface area contributed by atoms with Crippen LogP contribution in [0, 0.1) is 29.6 Å². The van der Waals surface area contributed by atoms with E-state index >= 15 is 0 Å². The number of carbonyl (C=O) groups excluding carboxylic acids is 1. The Labute approximate surface area is 125 Å². The zero-order chi connectivity index (χ0) is 15.1. The second-order valence-corrected chi connectivity index (χ2v) is 7.63. The van der Waals surface area contributed by atoms with Gasteiger partial charge in [-0.05, 0) is 61.7 Å². The number of urea groups is 1. The van der Waals surface area contributed by atoms with Crippen LogP contribution in [0.4, 0.5) is 4.79 Å². The van der Waals surface area contributed by atoms with Crippen molar-refractivity contribution >= 4 is 12.0 Å². The van der Waals surface area contributed by atoms with Crippen molar-refractivity contribution in [1.82, 2.24) is 10.6 Å². The Bertz CT molecular complexity index is 407. The Kier molecular flexibility index (Phi) is 3.84. The number of carboxylic acids is 1. The van der Waals surface area contributed by atoms with Gasteiger partial charge in [-0.1, -0.05) is 13.8 Å². The summed E-state index contributed by atoms with van der Waals surface area (Å²) < 4.78 is 0. The minimum absolute atomic E-state index is 0.119. The average molecular weight is 294 g/mol. The van der Waals surface area contributed by atoms with Gasteiger partial charge >= 0.3 is 12.0 Å². The van der Waals surface area contributed by atoms with Crippen molar-refractivity contribution in [3.05, 3.63) is 0 Å². The minimum Gasteiger partial charge on any atom is -0.480 e. The number of hydrogen-bond acceptors (Lipinski definition) is 2. The molecule has 1 unspecified atom stereocenters. The van der Waals surface area contributed by atoms with Crippen LogP contribution in [0.25, 0.3) is 0 Å². The molecule has 0 aromatic carbocycles. The lowest BCUT2D eigenvalue weighted by atomic mass is 9.54. The fraction of sp³-hybridized carbons (Fsp3) is 0.875. The van der Waals surface area contributed by atoms with Crippen molar-refractivity contribution in [3.63, 3.8) is 0 Å². The first-order chi connectivity index (χ1) is 9.94. The molecule has 5 nitrogen and oxygen atoms in total. The molecule has 4 saturated carbocycles. The van der Waals surface area contributed by atoms with Gasteiger partial charge in [0.1, 0.15) is 6.04 Å². The van der Waals surface area contributed by atoms with Crippen LogP contribution < -0.4 is 10.6 Å². The van der Waals surface area contributed by atoms with Crippen LogP contribution in [0.3, 0.4) is 0 Å². The molecule has 5 heteroatoms. The van der Waals surface area contributed by atoms with Gasteiger partial charge in [0.2, 0.25) is 0 Å². The molecule has 1 atom stereocenters. The maximum atomic E-state index is 12.2. The highest BCUT2D eigenvalue weighted by Gasteiger charge is 2.48. The van der Waals surface area contributed by atoms with E-state index < -0.39 is 12.0 Å². The smallest absolute Gasteiger partial charge is 0.326 e. The van der Waals surface area contributed by atoms with Crippen LogP contribution in [0.2, 0.25) is 0 Å². The van der Waals surface area contributed by atoms with Gasteiger partial charge in [-0.15, -0.1) is 0 Å². The fourth-order valence-corrected chi connectivity index (χ4v) is 5.01. The van der Waals surface area contributed by atoms with E-state index in [1.165, 1.54) is 32.1 Å². The van der Waals surface area contributed by atoms with Gasteiger partial charge in [0.25, 0.3) is 0 Å². The molecule has 4 bridgehead atoms. The fourth-order valence-electron chi connectivity index (χ4n) is 5.01. The summed E-state index contributed by atoms with van der Waals surface area (Å²) in [5.41, 5.74) is 0. The number of hydrogen-bond donors (Lipinski definition) is 3. The number of carbonyl (C=O) groups is 2. The lowest BCUT2D eigenvalue weighted by molar-refractivity contribution is -0.140. The molecule has 2 amide bonds. The van der Waals surface area contributed by atoms with Crippen LogP contribution >= 0.6 is 0 Å². The van der Waals surface area contributed by atoms with E-state index in [9.17, 15) is 9.59 Å². The molecule has 4 aliphatic carbocycles. The molecule has 4 fully saturated rings. The Morgan fingerprint density at radius 3 is 1.95 bits per heavy atom. The molecule has 3 N–H and O–H groups in total. The van der Waals surface area contributed by atoms with Gasteiger partial charge in [0.15, 0.2) is 0 Å². The molecular weight excluding hydrogens is 268 g/mol. The van der Waals surface area contributed by atoms with E-state index in [0.29, 0.717) is 11.8 Å². The van der Waals surface area contributed by atoms with Crippen molar-refractivity contribution in [2.24, 2.45) is 29.6 Å². The summed E-state index contributed by atoms with van der Waals surface area (Å²) >= 11 is 0. The minimum atomic E-state index is -0.967. The van der Waals surface area contributed by atoms with E-state index in [1.807, 2.05) is 13.8 Å². The number of carboxylic acid groups (broad SMARTS) is 1. The van der Waals surface area contributed by atoms with Crippen LogP contribution in [0.15, 0.2) is 0 Å². The summed E-state index contributed by atoms with van der Waals surface area (Å²) in [7, 11) is 0. The molecule has 4 aliphatic rings. The quantitative estimate of drug-likeness (QED) is 0.744. The van der Waals surface area contributed by atoms with Crippen molar-refractivity contribution in [2.75, 3.05) is 0 Å². The van der Waals surface area contributed by atoms with E-state index in [0.717, 1.165) is 11.8 Å². The molecule has 0 aliphatic heterocycles. The van der Waals surface area contributed by atoms with Gasteiger partial charge in [-0.3, -0.25) is 0 Å². The highest BCUT2D eigenvalue weighted by Crippen LogP contribution is 2.53. The van der Waals surface area contributed by atoms with Crippen molar-refractivity contribution in [3.8, 4) is 0 Å². The first kappa shape index (κ1) is 14.7. The Morgan fingerprint density at radius 1 is 1.00 bits per heavy atom. The number of nitrogens with one attached hydrogen (secondary N) is 2. The van der Waals surface area contributed by atoms with Crippen LogP contribution in [0.1, 0.15) is 46.0 Å². The predicted octanol–water partition coefficient (Wildman–Crippen LogP) is 2.22. The molecule has 21 heavy (non-hydrogen) atoms. The highest BCUT2D eigenvalue weighted by atomic mass is 16.4. The maximum absolute atomic E-state index is 12.2. The Balaban J connectivity index is 1.59. The number of rotatable bonds is 4. The predicted molar refractivity (Wildman–Crippen MR) is 78.8 cm³/mol. The highest BCUT2D eigenvalue weighted by molar-refractivity contribution is 5.82. The lowest BCUT2D eigenvalue weighted by Gasteiger charge is -2.54. The monoisotopic (exact) mass is 294 g/mol. The Morgan fingerprint density at radius 2 is 1.52 bits per heavy atom. The van der Waals surface area contributed by atoms with E-state index in [1.54, 1.807) is 0 Å². The molecule has 118 valence electrons. The lowest BCUT2D eigenvalue weighted by Crippen LogP contribution is -2.59. The van der Waals surface area contributed by atoms with Crippen LogP contribution in [-0.4, -0.2) is 29.2 Å². The summed E-state index contributed by atoms with van der Waals surface area (Å²) in [6, 6.07) is -0.880. The number of amides is 2. The standard InChI is InChI=1S/C16H26N2O3/c1-8(2)13(15(19)20)17-16(21)18-14-11-4-9-3-10(6-11)7-12(14)5-9/h8-14H,3-7H2,1-2H3,(H,19,20)(H2,17,18,21). The van der Waals surface area contributed by atoms with Gasteiger partial charge in [-0.25, -0.2) is 9.59 Å². The Hall–Kier alpha value is -1.26. The van der Waals surface area contributed by atoms with Crippen molar-refractivity contribution in [1.29, 1.82) is 0 Å². The van der Waals surface area contributed by atoms with Crippen LogP contribution in [-0.2, 0) is 4.79 Å². The largest absolute Gasteiger partial charge is 0.480 e. The summed E-state index contributed by atoms with van der Waals surface area (Å²) in [5.74, 6) is 1.87. The molecular formula is C16H26N2O3. The van der Waals surface area contributed by atoms with Gasteiger partial charge in [0, 0.05) is 6.04 Å². The second kappa shape index (κ2) is 5.50. The topological polar surface area (TPSA) is 78.4 Å². The van der Waals surface area contributed by atoms with Gasteiger partial charge in [-0.2, -0.15) is 0 Å². The van der Waals surface area contributed by atoms with E-state index in [2.05, 4.69) is 10.6 Å². The average Bonchev–Trinajstić information content (AvgIpc) is 2.38. The third-order valence-electron chi connectivity index (χ3n) is 5.74. The zero-order valence-corrected chi connectivity index (χ0v) is 12.8. The molecule has 4 rings (SSSR count). The molecule has 0 heterocycles. The molecule has 0 aromatic rings. The van der Waals surface area contributed by atoms with Crippen molar-refractivity contribution in [2.45, 2.75) is 58.0 Å². The normalized spacial score (nSPS) is 38.3. The third-order valence-corrected chi connectivity index (χ3v) is 5.74. The second-order valence-electron chi connectivity index (χ2n) is 7.63. The van der Waals surface area contributed by atoms with Gasteiger partial charge < -0.3 is 15.7 Å². The first-order valence-corrected chi connectivity index (χ1v) is 8.24. The first-order valence-electron chi connectivity index (χ1n) is 8.24. The van der Waals surface area contributed by atoms with Gasteiger partial charge in [0.05, 0.1) is 0 Å². The number of aliphatic carboxylic acids is 1. The van der Waals surface area contributed by atoms with E-state index in [4.69, 9.17) is 5.11 Å². The summed E-state index contributed by atoms with van der Waals surface area (Å²) in [6.45, 7) is 3.61. The third kappa shape index (κ3) is 2.87. The maximum Gasteiger partial charge on any atom is 0.326 e. The molecule has 0 saturated heterocycles. The molecule has 0 aromatic heterocycles. The summed E-state index contributed by atoms with van der Waals surface area (Å²) in [6.07, 6.45) is 6.35. The summed E-state index contributed by atoms with van der Waals surface area (Å²) in [4.78, 5) is 23.3. The summed E-state index contributed by atoms with van der Waals surface area (Å²) in [5, 5.41) is 14.9. The molecule has 0 radical (unpaired) electrons. The zero-order valence-electron chi connectivity index (χ0n) is 12.8. The SMILES string of the molecule is CC(C)C(NC(=O)NC1C2CC3CC(C2)CC1C3)C(=O)O.